The molecule has 0 saturated heterocycles. The zero-order chi connectivity index (χ0) is 18.8. The van der Waals surface area contributed by atoms with E-state index >= 15 is 0 Å². The predicted octanol–water partition coefficient (Wildman–Crippen LogP) is 3.49. The highest BCUT2D eigenvalue weighted by Gasteiger charge is 2.18. The zero-order valence-corrected chi connectivity index (χ0v) is 15.5. The Kier molecular flexibility index (Phi) is 4.68. The fraction of sp³-hybridized carbons (Fsp3) is 0.150. The molecule has 0 bridgehead atoms. The number of aryl methyl sites for hydroxylation is 1. The largest absolute Gasteiger partial charge is 0.482 e. The van der Waals surface area contributed by atoms with Gasteiger partial charge in [0, 0.05) is 23.6 Å². The lowest BCUT2D eigenvalue weighted by atomic mass is 10.1. The summed E-state index contributed by atoms with van der Waals surface area (Å²) < 4.78 is 7.29. The van der Waals surface area contributed by atoms with Gasteiger partial charge < -0.3 is 10.1 Å². The van der Waals surface area contributed by atoms with Gasteiger partial charge in [0.15, 0.2) is 17.5 Å². The van der Waals surface area contributed by atoms with Gasteiger partial charge in [0.25, 0.3) is 5.91 Å². The molecule has 0 atom stereocenters. The molecule has 27 heavy (non-hydrogen) atoms. The molecule has 136 valence electrons. The number of carbonyl (C=O) groups is 2. The lowest BCUT2D eigenvalue weighted by molar-refractivity contribution is -0.118. The summed E-state index contributed by atoms with van der Waals surface area (Å²) in [5.41, 5.74) is 3.23. The second kappa shape index (κ2) is 7.28. The molecule has 6 nitrogen and oxygen atoms in total. The van der Waals surface area contributed by atoms with E-state index < -0.39 is 0 Å². The van der Waals surface area contributed by atoms with Crippen LogP contribution >= 0.6 is 11.8 Å². The standard InChI is InChI=1S/C20H17N3O3S/c1-13-3-2-4-15(9-13)23-8-7-21-20(23)27-12-17(24)14-5-6-18-16(10-14)22-19(25)11-26-18/h2-10H,11-12H2,1H3,(H,22,25). The highest BCUT2D eigenvalue weighted by molar-refractivity contribution is 7.99. The zero-order valence-electron chi connectivity index (χ0n) is 14.6. The van der Waals surface area contributed by atoms with Crippen molar-refractivity contribution in [2.75, 3.05) is 17.7 Å². The summed E-state index contributed by atoms with van der Waals surface area (Å²) in [6.07, 6.45) is 3.61. The van der Waals surface area contributed by atoms with Crippen molar-refractivity contribution < 1.29 is 14.3 Å². The van der Waals surface area contributed by atoms with E-state index in [1.165, 1.54) is 11.8 Å². The van der Waals surface area contributed by atoms with Crippen molar-refractivity contribution >= 4 is 29.1 Å². The first-order valence-electron chi connectivity index (χ1n) is 8.43. The van der Waals surface area contributed by atoms with Crippen LogP contribution in [0.3, 0.4) is 0 Å². The first-order valence-corrected chi connectivity index (χ1v) is 9.42. The van der Waals surface area contributed by atoms with E-state index in [2.05, 4.69) is 16.4 Å². The molecule has 2 aromatic carbocycles. The Labute approximate surface area is 160 Å². The number of hydrogen-bond donors (Lipinski definition) is 1. The van der Waals surface area contributed by atoms with Gasteiger partial charge in [-0.1, -0.05) is 23.9 Å². The van der Waals surface area contributed by atoms with Crippen LogP contribution in [-0.2, 0) is 4.79 Å². The highest BCUT2D eigenvalue weighted by atomic mass is 32.2. The van der Waals surface area contributed by atoms with Gasteiger partial charge >= 0.3 is 0 Å². The van der Waals surface area contributed by atoms with E-state index in [1.807, 2.05) is 35.9 Å². The van der Waals surface area contributed by atoms with Crippen LogP contribution in [0.15, 0.2) is 60.0 Å². The molecule has 4 rings (SSSR count). The topological polar surface area (TPSA) is 73.2 Å². The van der Waals surface area contributed by atoms with Gasteiger partial charge in [-0.25, -0.2) is 4.98 Å². The van der Waals surface area contributed by atoms with Crippen LogP contribution in [0.5, 0.6) is 5.75 Å². The number of hydrogen-bond acceptors (Lipinski definition) is 5. The Morgan fingerprint density at radius 2 is 2.19 bits per heavy atom. The lowest BCUT2D eigenvalue weighted by Crippen LogP contribution is -2.25. The maximum absolute atomic E-state index is 12.6. The summed E-state index contributed by atoms with van der Waals surface area (Å²) in [5, 5.41) is 3.47. The van der Waals surface area contributed by atoms with Gasteiger partial charge in [-0.3, -0.25) is 14.2 Å². The number of anilines is 1. The first-order chi connectivity index (χ1) is 13.1. The SMILES string of the molecule is Cc1cccc(-n2ccnc2SCC(=O)c2ccc3c(c2)NC(=O)CO3)c1. The Bertz CT molecular complexity index is 1030. The molecule has 0 saturated carbocycles. The number of thioether (sulfide) groups is 1. The minimum absolute atomic E-state index is 0.00222. The van der Waals surface area contributed by atoms with Gasteiger partial charge in [0.05, 0.1) is 11.4 Å². The Balaban J connectivity index is 1.49. The third kappa shape index (κ3) is 3.73. The number of nitrogens with one attached hydrogen (secondary N) is 1. The third-order valence-electron chi connectivity index (χ3n) is 4.15. The lowest BCUT2D eigenvalue weighted by Gasteiger charge is -2.18. The average Bonchev–Trinajstić information content (AvgIpc) is 3.14. The molecule has 1 aliphatic rings. The second-order valence-electron chi connectivity index (χ2n) is 6.18. The fourth-order valence-electron chi connectivity index (χ4n) is 2.84. The normalized spacial score (nSPS) is 12.9. The summed E-state index contributed by atoms with van der Waals surface area (Å²) in [6, 6.07) is 13.2. The minimum Gasteiger partial charge on any atom is -0.482 e. The van der Waals surface area contributed by atoms with Gasteiger partial charge in [0.2, 0.25) is 0 Å². The molecule has 1 N–H and O–H groups in total. The maximum atomic E-state index is 12.6. The first kappa shape index (κ1) is 17.4. The van der Waals surface area contributed by atoms with Crippen molar-refractivity contribution in [3.05, 3.63) is 66.0 Å². The Morgan fingerprint density at radius 1 is 1.30 bits per heavy atom. The van der Waals surface area contributed by atoms with Gasteiger partial charge in [-0.05, 0) is 42.8 Å². The third-order valence-corrected chi connectivity index (χ3v) is 5.12. The quantitative estimate of drug-likeness (QED) is 0.543. The number of imidazole rings is 1. The maximum Gasteiger partial charge on any atom is 0.262 e. The van der Waals surface area contributed by atoms with Crippen molar-refractivity contribution in [3.8, 4) is 11.4 Å². The van der Waals surface area contributed by atoms with Crippen molar-refractivity contribution in [3.63, 3.8) is 0 Å². The number of nitrogens with zero attached hydrogens (tertiary/aromatic N) is 2. The molecule has 0 unspecified atom stereocenters. The Hall–Kier alpha value is -3.06. The molecular formula is C20H17N3O3S. The van der Waals surface area contributed by atoms with Crippen LogP contribution in [0, 0.1) is 6.92 Å². The predicted molar refractivity (Wildman–Crippen MR) is 104 cm³/mol. The summed E-state index contributed by atoms with van der Waals surface area (Å²) in [5.74, 6) is 0.563. The number of carbonyl (C=O) groups excluding carboxylic acids is 2. The van der Waals surface area contributed by atoms with E-state index in [4.69, 9.17) is 4.74 Å². The Morgan fingerprint density at radius 3 is 3.04 bits per heavy atom. The van der Waals surface area contributed by atoms with Crippen LogP contribution in [-0.4, -0.2) is 33.6 Å². The van der Waals surface area contributed by atoms with Crippen LogP contribution in [0.2, 0.25) is 0 Å². The van der Waals surface area contributed by atoms with E-state index in [1.54, 1.807) is 24.4 Å². The van der Waals surface area contributed by atoms with Crippen molar-refractivity contribution in [2.45, 2.75) is 12.1 Å². The number of ketones is 1. The van der Waals surface area contributed by atoms with Crippen LogP contribution in [0.25, 0.3) is 5.69 Å². The van der Waals surface area contributed by atoms with Gasteiger partial charge in [0.1, 0.15) is 5.75 Å². The minimum atomic E-state index is -0.221. The molecule has 1 amide bonds. The number of Topliss-reactive ketones (excluding diaryl/α,β-unsaturated/α-hetero) is 1. The molecule has 1 aromatic heterocycles. The summed E-state index contributed by atoms with van der Waals surface area (Å²) in [4.78, 5) is 28.4. The van der Waals surface area contributed by atoms with Crippen LogP contribution in [0.1, 0.15) is 15.9 Å². The number of benzene rings is 2. The molecular weight excluding hydrogens is 362 g/mol. The molecule has 0 spiro atoms. The van der Waals surface area contributed by atoms with E-state index in [0.717, 1.165) is 16.4 Å². The number of aromatic nitrogens is 2. The van der Waals surface area contributed by atoms with Crippen LogP contribution < -0.4 is 10.1 Å². The molecule has 7 heteroatoms. The van der Waals surface area contributed by atoms with Crippen molar-refractivity contribution in [1.82, 2.24) is 9.55 Å². The molecule has 2 heterocycles. The molecule has 0 aliphatic carbocycles. The fourth-order valence-corrected chi connectivity index (χ4v) is 3.71. The molecule has 3 aromatic rings. The summed E-state index contributed by atoms with van der Waals surface area (Å²) >= 11 is 1.38. The monoisotopic (exact) mass is 379 g/mol. The van der Waals surface area contributed by atoms with Gasteiger partial charge in [-0.2, -0.15) is 0 Å². The molecule has 1 aliphatic heterocycles. The van der Waals surface area contributed by atoms with Crippen molar-refractivity contribution in [1.29, 1.82) is 0 Å². The van der Waals surface area contributed by atoms with Gasteiger partial charge in [-0.15, -0.1) is 0 Å². The van der Waals surface area contributed by atoms with Crippen molar-refractivity contribution in [2.24, 2.45) is 0 Å². The smallest absolute Gasteiger partial charge is 0.262 e. The summed E-state index contributed by atoms with van der Waals surface area (Å²) in [6.45, 7) is 2.03. The molecule has 0 radical (unpaired) electrons. The highest BCUT2D eigenvalue weighted by Crippen LogP contribution is 2.29. The number of rotatable bonds is 5. The molecule has 0 fully saturated rings. The second-order valence-corrected chi connectivity index (χ2v) is 7.12. The average molecular weight is 379 g/mol. The van der Waals surface area contributed by atoms with E-state index in [0.29, 0.717) is 17.0 Å². The number of ether oxygens (including phenoxy) is 1. The number of fused-ring (bicyclic) bond motifs is 1. The van der Waals surface area contributed by atoms with E-state index in [9.17, 15) is 9.59 Å². The number of amides is 1. The van der Waals surface area contributed by atoms with Crippen LogP contribution in [0.4, 0.5) is 5.69 Å². The summed E-state index contributed by atoms with van der Waals surface area (Å²) in [7, 11) is 0. The van der Waals surface area contributed by atoms with E-state index in [-0.39, 0.29) is 24.1 Å².